The van der Waals surface area contributed by atoms with E-state index in [0.717, 1.165) is 11.4 Å². The van der Waals surface area contributed by atoms with Crippen molar-refractivity contribution >= 4 is 5.95 Å². The Morgan fingerprint density at radius 3 is 2.92 bits per heavy atom. The molecule has 5 heteroatoms. The number of anilines is 1. The minimum absolute atomic E-state index is 0.604. The Morgan fingerprint density at radius 1 is 1.31 bits per heavy atom. The van der Waals surface area contributed by atoms with Crippen LogP contribution in [0.25, 0.3) is 11.4 Å². The molecule has 0 aliphatic carbocycles. The SMILES string of the molecule is CNc1nccc(-c2ccn[nH]2)n1. The number of hydrogen-bond acceptors (Lipinski definition) is 4. The van der Waals surface area contributed by atoms with Crippen molar-refractivity contribution in [2.24, 2.45) is 0 Å². The zero-order valence-electron chi connectivity index (χ0n) is 7.15. The molecule has 0 aromatic carbocycles. The molecular weight excluding hydrogens is 166 g/mol. The van der Waals surface area contributed by atoms with Crippen molar-refractivity contribution in [2.75, 3.05) is 12.4 Å². The molecule has 13 heavy (non-hydrogen) atoms. The van der Waals surface area contributed by atoms with Crippen molar-refractivity contribution in [1.82, 2.24) is 20.2 Å². The molecule has 0 saturated heterocycles. The van der Waals surface area contributed by atoms with Gasteiger partial charge in [0.05, 0.1) is 11.4 Å². The van der Waals surface area contributed by atoms with Crippen LogP contribution in [-0.4, -0.2) is 27.2 Å². The maximum atomic E-state index is 4.24. The summed E-state index contributed by atoms with van der Waals surface area (Å²) in [5.74, 6) is 0.604. The highest BCUT2D eigenvalue weighted by molar-refractivity contribution is 5.54. The molecule has 2 heterocycles. The zero-order chi connectivity index (χ0) is 9.10. The lowest BCUT2D eigenvalue weighted by molar-refractivity contribution is 1.07. The fraction of sp³-hybridized carbons (Fsp3) is 0.125. The van der Waals surface area contributed by atoms with E-state index in [1.807, 2.05) is 12.1 Å². The lowest BCUT2D eigenvalue weighted by Gasteiger charge is -1.99. The molecule has 2 rings (SSSR count). The number of H-pyrrole nitrogens is 1. The topological polar surface area (TPSA) is 66.5 Å². The third-order valence-electron chi connectivity index (χ3n) is 1.66. The molecule has 2 aromatic rings. The van der Waals surface area contributed by atoms with E-state index in [1.54, 1.807) is 19.4 Å². The van der Waals surface area contributed by atoms with Crippen molar-refractivity contribution in [3.63, 3.8) is 0 Å². The highest BCUT2D eigenvalue weighted by atomic mass is 15.1. The maximum absolute atomic E-state index is 4.24. The minimum atomic E-state index is 0.604. The van der Waals surface area contributed by atoms with Gasteiger partial charge < -0.3 is 5.32 Å². The molecule has 0 atom stereocenters. The molecule has 0 amide bonds. The van der Waals surface area contributed by atoms with Crippen LogP contribution in [0.15, 0.2) is 24.5 Å². The summed E-state index contributed by atoms with van der Waals surface area (Å²) in [6.45, 7) is 0. The highest BCUT2D eigenvalue weighted by Crippen LogP contribution is 2.12. The largest absolute Gasteiger partial charge is 0.357 e. The van der Waals surface area contributed by atoms with E-state index in [0.29, 0.717) is 5.95 Å². The van der Waals surface area contributed by atoms with Gasteiger partial charge in [-0.1, -0.05) is 0 Å². The van der Waals surface area contributed by atoms with E-state index in [1.165, 1.54) is 0 Å². The summed E-state index contributed by atoms with van der Waals surface area (Å²) in [4.78, 5) is 8.25. The number of rotatable bonds is 2. The van der Waals surface area contributed by atoms with Gasteiger partial charge in [0, 0.05) is 19.4 Å². The average Bonchev–Trinajstić information content (AvgIpc) is 2.71. The van der Waals surface area contributed by atoms with Crippen LogP contribution in [0.2, 0.25) is 0 Å². The van der Waals surface area contributed by atoms with Gasteiger partial charge in [0.15, 0.2) is 0 Å². The van der Waals surface area contributed by atoms with Crippen LogP contribution < -0.4 is 5.32 Å². The highest BCUT2D eigenvalue weighted by Gasteiger charge is 2.00. The summed E-state index contributed by atoms with van der Waals surface area (Å²) >= 11 is 0. The second kappa shape index (κ2) is 3.22. The van der Waals surface area contributed by atoms with E-state index in [4.69, 9.17) is 0 Å². The molecule has 0 unspecified atom stereocenters. The van der Waals surface area contributed by atoms with Gasteiger partial charge in [-0.05, 0) is 12.1 Å². The fourth-order valence-electron chi connectivity index (χ4n) is 1.03. The lowest BCUT2D eigenvalue weighted by Crippen LogP contribution is -1.96. The Bertz CT molecular complexity index is 381. The van der Waals surface area contributed by atoms with Gasteiger partial charge in [0.1, 0.15) is 0 Å². The zero-order valence-corrected chi connectivity index (χ0v) is 7.15. The minimum Gasteiger partial charge on any atom is -0.357 e. The summed E-state index contributed by atoms with van der Waals surface area (Å²) in [5.41, 5.74) is 1.72. The first kappa shape index (κ1) is 7.72. The van der Waals surface area contributed by atoms with Crippen LogP contribution >= 0.6 is 0 Å². The fourth-order valence-corrected chi connectivity index (χ4v) is 1.03. The van der Waals surface area contributed by atoms with Crippen molar-refractivity contribution < 1.29 is 0 Å². The number of hydrogen-bond donors (Lipinski definition) is 2. The molecule has 0 radical (unpaired) electrons. The lowest BCUT2D eigenvalue weighted by atomic mass is 10.3. The molecule has 2 N–H and O–H groups in total. The van der Waals surface area contributed by atoms with Gasteiger partial charge >= 0.3 is 0 Å². The maximum Gasteiger partial charge on any atom is 0.222 e. The van der Waals surface area contributed by atoms with E-state index in [2.05, 4.69) is 25.5 Å². The number of aromatic amines is 1. The Labute approximate surface area is 75.2 Å². The number of aromatic nitrogens is 4. The predicted molar refractivity (Wildman–Crippen MR) is 49.2 cm³/mol. The van der Waals surface area contributed by atoms with Gasteiger partial charge in [-0.2, -0.15) is 5.10 Å². The van der Waals surface area contributed by atoms with Crippen LogP contribution in [0.1, 0.15) is 0 Å². The average molecular weight is 175 g/mol. The van der Waals surface area contributed by atoms with Crippen molar-refractivity contribution in [1.29, 1.82) is 0 Å². The summed E-state index contributed by atoms with van der Waals surface area (Å²) in [5, 5.41) is 9.56. The Kier molecular flexibility index (Phi) is 1.91. The van der Waals surface area contributed by atoms with E-state index >= 15 is 0 Å². The Hall–Kier alpha value is -1.91. The molecule has 2 aromatic heterocycles. The van der Waals surface area contributed by atoms with E-state index in [9.17, 15) is 0 Å². The molecule has 0 bridgehead atoms. The Morgan fingerprint density at radius 2 is 2.23 bits per heavy atom. The molecule has 66 valence electrons. The van der Waals surface area contributed by atoms with Crippen LogP contribution in [0.3, 0.4) is 0 Å². The third kappa shape index (κ3) is 1.48. The molecule has 0 aliphatic heterocycles. The van der Waals surface area contributed by atoms with Gasteiger partial charge in [0.25, 0.3) is 0 Å². The van der Waals surface area contributed by atoms with Crippen LogP contribution in [-0.2, 0) is 0 Å². The molecule has 0 aliphatic rings. The Balaban J connectivity index is 2.41. The second-order valence-electron chi connectivity index (χ2n) is 2.49. The number of nitrogens with zero attached hydrogens (tertiary/aromatic N) is 3. The van der Waals surface area contributed by atoms with Gasteiger partial charge in [0.2, 0.25) is 5.95 Å². The smallest absolute Gasteiger partial charge is 0.222 e. The van der Waals surface area contributed by atoms with Gasteiger partial charge in [-0.3, -0.25) is 5.10 Å². The monoisotopic (exact) mass is 175 g/mol. The molecule has 0 saturated carbocycles. The molecule has 0 fully saturated rings. The first-order valence-electron chi connectivity index (χ1n) is 3.90. The first-order valence-corrected chi connectivity index (χ1v) is 3.90. The van der Waals surface area contributed by atoms with Crippen LogP contribution in [0.5, 0.6) is 0 Å². The molecular formula is C8H9N5. The van der Waals surface area contributed by atoms with Gasteiger partial charge in [-0.15, -0.1) is 0 Å². The summed E-state index contributed by atoms with van der Waals surface area (Å²) in [6, 6.07) is 3.69. The summed E-state index contributed by atoms with van der Waals surface area (Å²) in [6.07, 6.45) is 3.39. The van der Waals surface area contributed by atoms with E-state index in [-0.39, 0.29) is 0 Å². The van der Waals surface area contributed by atoms with Crippen LogP contribution in [0, 0.1) is 0 Å². The van der Waals surface area contributed by atoms with Crippen LogP contribution in [0.4, 0.5) is 5.95 Å². The normalized spacial score (nSPS) is 9.92. The van der Waals surface area contributed by atoms with Crippen molar-refractivity contribution in [3.8, 4) is 11.4 Å². The second-order valence-corrected chi connectivity index (χ2v) is 2.49. The van der Waals surface area contributed by atoms with E-state index < -0.39 is 0 Å². The molecule has 0 spiro atoms. The van der Waals surface area contributed by atoms with Gasteiger partial charge in [-0.25, -0.2) is 9.97 Å². The summed E-state index contributed by atoms with van der Waals surface area (Å²) < 4.78 is 0. The molecule has 5 nitrogen and oxygen atoms in total. The predicted octanol–water partition coefficient (Wildman–Crippen LogP) is 0.908. The first-order chi connectivity index (χ1) is 6.40. The van der Waals surface area contributed by atoms with Crippen molar-refractivity contribution in [2.45, 2.75) is 0 Å². The quantitative estimate of drug-likeness (QED) is 0.711. The number of nitrogens with one attached hydrogen (secondary N) is 2. The third-order valence-corrected chi connectivity index (χ3v) is 1.66. The standard InChI is InChI=1S/C8H9N5/c1-9-8-10-4-2-6(12-8)7-3-5-11-13-7/h2-5H,1H3,(H,11,13)(H,9,10,12). The van der Waals surface area contributed by atoms with Crippen molar-refractivity contribution in [3.05, 3.63) is 24.5 Å². The summed E-state index contributed by atoms with van der Waals surface area (Å²) in [7, 11) is 1.78.